The third-order valence-electron chi connectivity index (χ3n) is 9.16. The number of nitrogens with zero attached hydrogens (tertiary/aromatic N) is 2. The van der Waals surface area contributed by atoms with Crippen LogP contribution in [0.4, 0.5) is 0 Å². The van der Waals surface area contributed by atoms with Gasteiger partial charge in [-0.1, -0.05) is 161 Å². The van der Waals surface area contributed by atoms with Gasteiger partial charge in [-0.3, -0.25) is 0 Å². The van der Waals surface area contributed by atoms with Gasteiger partial charge in [0.05, 0.1) is 24.6 Å². The molecule has 0 atom stereocenters. The van der Waals surface area contributed by atoms with Crippen LogP contribution in [-0.4, -0.2) is 30.3 Å². The van der Waals surface area contributed by atoms with Crippen LogP contribution in [0, 0.1) is 10.8 Å². The van der Waals surface area contributed by atoms with Gasteiger partial charge in [-0.25, -0.2) is 9.97 Å². The van der Waals surface area contributed by atoms with Crippen molar-refractivity contribution in [3.05, 3.63) is 139 Å². The predicted molar refractivity (Wildman–Crippen MR) is 192 cm³/mol. The van der Waals surface area contributed by atoms with Crippen molar-refractivity contribution < 1.29 is 9.31 Å². The van der Waals surface area contributed by atoms with Crippen LogP contribution in [0.15, 0.2) is 139 Å². The van der Waals surface area contributed by atoms with Crippen LogP contribution in [-0.2, 0) is 9.31 Å². The summed E-state index contributed by atoms with van der Waals surface area (Å²) in [5.41, 5.74) is 10.2. The van der Waals surface area contributed by atoms with Crippen LogP contribution < -0.4 is 5.46 Å². The molecule has 0 amide bonds. The Morgan fingerprint density at radius 2 is 1.04 bits per heavy atom. The molecule has 5 heteroatoms. The lowest BCUT2D eigenvalue weighted by Crippen LogP contribution is -2.31. The summed E-state index contributed by atoms with van der Waals surface area (Å²) in [5.74, 6) is 0.705. The van der Waals surface area contributed by atoms with Crippen molar-refractivity contribution in [2.75, 3.05) is 13.2 Å². The van der Waals surface area contributed by atoms with Crippen molar-refractivity contribution in [3.8, 4) is 45.0 Å². The first-order valence-electron chi connectivity index (χ1n) is 16.0. The molecule has 1 aliphatic carbocycles. The number of benzene rings is 4. The number of aromatic nitrogens is 2. The predicted octanol–water partition coefficient (Wildman–Crippen LogP) is 9.44. The Hall–Kier alpha value is -4.58. The van der Waals surface area contributed by atoms with Crippen molar-refractivity contribution in [3.63, 3.8) is 0 Å². The van der Waals surface area contributed by atoms with E-state index in [1.165, 1.54) is 16.7 Å². The Morgan fingerprint density at radius 3 is 1.57 bits per heavy atom. The zero-order valence-corrected chi connectivity index (χ0v) is 27.4. The highest BCUT2D eigenvalue weighted by Crippen LogP contribution is 2.44. The van der Waals surface area contributed by atoms with Gasteiger partial charge in [0.15, 0.2) is 5.82 Å². The summed E-state index contributed by atoms with van der Waals surface area (Å²) in [7, 11) is -0.284. The molecular formula is C41H41BN2O2. The molecule has 1 aliphatic heterocycles. The minimum absolute atomic E-state index is 0.284. The monoisotopic (exact) mass is 604 g/mol. The molecule has 4 aromatic carbocycles. The van der Waals surface area contributed by atoms with E-state index in [9.17, 15) is 0 Å². The van der Waals surface area contributed by atoms with E-state index in [1.807, 2.05) is 48.5 Å². The minimum Gasteiger partial charge on any atom is -0.405 e. The normalized spacial score (nSPS) is 16.4. The van der Waals surface area contributed by atoms with Crippen LogP contribution in [0.5, 0.6) is 0 Å². The zero-order valence-electron chi connectivity index (χ0n) is 27.4. The highest BCUT2D eigenvalue weighted by Gasteiger charge is 2.34. The van der Waals surface area contributed by atoms with Crippen LogP contribution in [0.25, 0.3) is 45.0 Å². The lowest BCUT2D eigenvalue weighted by atomic mass is 9.65. The fraction of sp³-hybridized carbons (Fsp3) is 0.220. The average Bonchev–Trinajstić information content (AvgIpc) is 3.63. The fourth-order valence-electron chi connectivity index (χ4n) is 5.64. The molecule has 1 saturated heterocycles. The summed E-state index contributed by atoms with van der Waals surface area (Å²) in [6, 6.07) is 39.3. The third kappa shape index (κ3) is 7.12. The Labute approximate surface area is 274 Å². The van der Waals surface area contributed by atoms with Crippen molar-refractivity contribution in [2.24, 2.45) is 10.8 Å². The van der Waals surface area contributed by atoms with Gasteiger partial charge in [-0.2, -0.15) is 0 Å². The quantitative estimate of drug-likeness (QED) is 0.188. The average molecular weight is 605 g/mol. The highest BCUT2D eigenvalue weighted by atomic mass is 16.6. The van der Waals surface area contributed by atoms with E-state index in [-0.39, 0.29) is 7.12 Å². The second-order valence-corrected chi connectivity index (χ2v) is 13.1. The fourth-order valence-corrected chi connectivity index (χ4v) is 5.64. The summed E-state index contributed by atoms with van der Waals surface area (Å²) in [5, 5.41) is 0. The van der Waals surface area contributed by atoms with Gasteiger partial charge in [0.2, 0.25) is 0 Å². The van der Waals surface area contributed by atoms with E-state index in [2.05, 4.69) is 120 Å². The SMILES string of the molecule is CC1=CC(C)(C)C(C)(C)C=C1.c1ccc(-c2ccc(-c3cc(-c4ccc(B5OCCO5)cc4)nc(-c4ccccc4)n3)cc2)cc1. The van der Waals surface area contributed by atoms with Gasteiger partial charge >= 0.3 is 7.12 Å². The second-order valence-electron chi connectivity index (χ2n) is 13.1. The van der Waals surface area contributed by atoms with Crippen LogP contribution in [0.3, 0.4) is 0 Å². The molecular weight excluding hydrogens is 563 g/mol. The summed E-state index contributed by atoms with van der Waals surface area (Å²) in [6.07, 6.45) is 6.88. The molecule has 7 rings (SSSR count). The largest absolute Gasteiger partial charge is 0.494 e. The Morgan fingerprint density at radius 1 is 0.565 bits per heavy atom. The van der Waals surface area contributed by atoms with E-state index in [0.717, 1.165) is 33.5 Å². The maximum Gasteiger partial charge on any atom is 0.494 e. The van der Waals surface area contributed by atoms with Crippen molar-refractivity contribution in [1.82, 2.24) is 9.97 Å². The topological polar surface area (TPSA) is 44.2 Å². The number of hydrogen-bond acceptors (Lipinski definition) is 4. The second kappa shape index (κ2) is 13.4. The summed E-state index contributed by atoms with van der Waals surface area (Å²) in [4.78, 5) is 9.85. The van der Waals surface area contributed by atoms with Gasteiger partial charge in [-0.05, 0) is 40.4 Å². The summed E-state index contributed by atoms with van der Waals surface area (Å²) < 4.78 is 11.3. The molecule has 230 valence electrons. The molecule has 5 aromatic rings. The smallest absolute Gasteiger partial charge is 0.405 e. The molecule has 0 saturated carbocycles. The molecule has 0 unspecified atom stereocenters. The zero-order chi connectivity index (χ0) is 32.1. The number of allylic oxidation sites excluding steroid dienone is 4. The molecule has 1 fully saturated rings. The van der Waals surface area contributed by atoms with Crippen molar-refractivity contribution in [2.45, 2.75) is 34.6 Å². The first-order valence-corrected chi connectivity index (χ1v) is 16.0. The van der Waals surface area contributed by atoms with E-state index < -0.39 is 0 Å². The van der Waals surface area contributed by atoms with E-state index in [1.54, 1.807) is 0 Å². The lowest BCUT2D eigenvalue weighted by Gasteiger charge is -2.40. The Bertz CT molecular complexity index is 1820. The molecule has 0 radical (unpaired) electrons. The third-order valence-corrected chi connectivity index (χ3v) is 9.16. The number of rotatable bonds is 5. The van der Waals surface area contributed by atoms with Crippen molar-refractivity contribution in [1.29, 1.82) is 0 Å². The van der Waals surface area contributed by atoms with Crippen LogP contribution >= 0.6 is 0 Å². The molecule has 2 aliphatic rings. The standard InChI is InChI=1S/C30H23BN2O2.C11H18/c1-3-7-22(8-4-1)23-11-13-24(14-12-23)28-21-29(33-30(32-28)26-9-5-2-6-10-26)25-15-17-27(18-16-25)31-34-19-20-35-31;1-9-6-7-10(2,3)11(4,5)8-9/h1-18,21H,19-20H2;6-8H,1-5H3. The van der Waals surface area contributed by atoms with Gasteiger partial charge in [0.1, 0.15) is 0 Å². The molecule has 46 heavy (non-hydrogen) atoms. The first kappa shape index (κ1) is 31.4. The van der Waals surface area contributed by atoms with Gasteiger partial charge in [0, 0.05) is 16.7 Å². The molecule has 0 bridgehead atoms. The number of hydrogen-bond donors (Lipinski definition) is 0. The minimum atomic E-state index is -0.284. The lowest BCUT2D eigenvalue weighted by molar-refractivity contribution is 0.227. The molecule has 1 aromatic heterocycles. The van der Waals surface area contributed by atoms with E-state index in [4.69, 9.17) is 19.3 Å². The van der Waals surface area contributed by atoms with E-state index >= 15 is 0 Å². The van der Waals surface area contributed by atoms with Gasteiger partial charge in [-0.15, -0.1) is 0 Å². The maximum absolute atomic E-state index is 5.63. The van der Waals surface area contributed by atoms with Gasteiger partial charge in [0.25, 0.3) is 0 Å². The first-order chi connectivity index (χ1) is 22.2. The van der Waals surface area contributed by atoms with Gasteiger partial charge < -0.3 is 9.31 Å². The van der Waals surface area contributed by atoms with E-state index in [0.29, 0.717) is 29.9 Å². The molecule has 0 N–H and O–H groups in total. The Balaban J connectivity index is 0.000000288. The molecule has 4 nitrogen and oxygen atoms in total. The highest BCUT2D eigenvalue weighted by molar-refractivity contribution is 6.61. The van der Waals surface area contributed by atoms with Crippen LogP contribution in [0.2, 0.25) is 0 Å². The van der Waals surface area contributed by atoms with Crippen molar-refractivity contribution >= 4 is 12.6 Å². The molecule has 0 spiro atoms. The maximum atomic E-state index is 5.63. The molecule has 2 heterocycles. The summed E-state index contributed by atoms with van der Waals surface area (Å²) >= 11 is 0. The Kier molecular flexibility index (Phi) is 9.16. The van der Waals surface area contributed by atoms with Crippen LogP contribution in [0.1, 0.15) is 34.6 Å². The summed E-state index contributed by atoms with van der Waals surface area (Å²) in [6.45, 7) is 12.6.